The molecule has 0 heterocycles. The smallest absolute Gasteiger partial charge is 0.462 e. The lowest BCUT2D eigenvalue weighted by atomic mass is 10.0. The Balaban J connectivity index is 4.31. The largest absolute Gasteiger partial charge is 0.472 e. The molecule has 0 aliphatic rings. The maximum Gasteiger partial charge on any atom is 0.472 e. The highest BCUT2D eigenvalue weighted by atomic mass is 31.2. The van der Waals surface area contributed by atoms with Gasteiger partial charge >= 0.3 is 19.8 Å². The molecule has 0 saturated carbocycles. The SMILES string of the molecule is CCCCCCCCCCCCCCCCCC(=O)OC(COC(=O)CCCCCCCCCCC)COP(=O)(O)OCC(O)CO. The topological polar surface area (TPSA) is 149 Å². The Kier molecular flexibility index (Phi) is 32.7. The maximum absolute atomic E-state index is 12.5. The number of aliphatic hydroxyl groups excluding tert-OH is 2. The molecule has 280 valence electrons. The van der Waals surface area contributed by atoms with Crippen molar-refractivity contribution >= 4 is 19.8 Å². The molecule has 10 nitrogen and oxygen atoms in total. The number of phosphoric ester groups is 1. The van der Waals surface area contributed by atoms with Gasteiger partial charge in [-0.15, -0.1) is 0 Å². The molecule has 0 aliphatic heterocycles. The Morgan fingerprint density at radius 1 is 0.553 bits per heavy atom. The van der Waals surface area contributed by atoms with Gasteiger partial charge in [-0.05, 0) is 12.8 Å². The molecule has 47 heavy (non-hydrogen) atoms. The highest BCUT2D eigenvalue weighted by Crippen LogP contribution is 2.43. The molecule has 0 aromatic rings. The normalized spacial score (nSPS) is 14.1. The first-order valence-corrected chi connectivity index (χ1v) is 20.5. The Bertz CT molecular complexity index is 766. The number of carbonyl (C=O) groups is 2. The number of hydrogen-bond donors (Lipinski definition) is 3. The first kappa shape index (κ1) is 46.0. The Hall–Kier alpha value is -1.03. The van der Waals surface area contributed by atoms with E-state index in [1.807, 2.05) is 0 Å². The van der Waals surface area contributed by atoms with Gasteiger partial charge in [-0.3, -0.25) is 18.6 Å². The minimum absolute atomic E-state index is 0.192. The molecule has 0 amide bonds. The molecule has 3 unspecified atom stereocenters. The standard InChI is InChI=1S/C36H71O10P/c1-3-5-7-9-11-13-14-15-16-17-18-20-22-24-26-28-36(40)46-34(32-45-47(41,42)44-30-33(38)29-37)31-43-35(39)27-25-23-21-19-12-10-8-6-4-2/h33-34,37-38H,3-32H2,1-2H3,(H,41,42). The minimum atomic E-state index is -4.60. The van der Waals surface area contributed by atoms with Crippen molar-refractivity contribution in [1.82, 2.24) is 0 Å². The van der Waals surface area contributed by atoms with Crippen molar-refractivity contribution in [2.45, 2.75) is 193 Å². The zero-order valence-electron chi connectivity index (χ0n) is 30.0. The van der Waals surface area contributed by atoms with Gasteiger partial charge in [0.1, 0.15) is 12.7 Å². The third-order valence-electron chi connectivity index (χ3n) is 8.26. The van der Waals surface area contributed by atoms with Crippen LogP contribution >= 0.6 is 7.82 Å². The van der Waals surface area contributed by atoms with Gasteiger partial charge in [0.2, 0.25) is 0 Å². The van der Waals surface area contributed by atoms with E-state index in [1.165, 1.54) is 103 Å². The molecule has 0 aliphatic carbocycles. The maximum atomic E-state index is 12.5. The fraction of sp³-hybridized carbons (Fsp3) is 0.944. The molecule has 0 aromatic carbocycles. The average molecular weight is 695 g/mol. The van der Waals surface area contributed by atoms with Crippen molar-refractivity contribution in [2.75, 3.05) is 26.4 Å². The lowest BCUT2D eigenvalue weighted by Crippen LogP contribution is -2.29. The van der Waals surface area contributed by atoms with Crippen LogP contribution < -0.4 is 0 Å². The summed E-state index contributed by atoms with van der Waals surface area (Å²) in [6.07, 6.45) is 26.5. The number of hydrogen-bond acceptors (Lipinski definition) is 9. The van der Waals surface area contributed by atoms with Crippen molar-refractivity contribution in [3.63, 3.8) is 0 Å². The van der Waals surface area contributed by atoms with Crippen LogP contribution in [0.4, 0.5) is 0 Å². The molecule has 0 spiro atoms. The van der Waals surface area contributed by atoms with E-state index in [0.717, 1.165) is 38.5 Å². The van der Waals surface area contributed by atoms with Crippen LogP contribution in [0, 0.1) is 0 Å². The summed E-state index contributed by atoms with van der Waals surface area (Å²) in [7, 11) is -4.60. The van der Waals surface area contributed by atoms with Crippen LogP contribution in [0.15, 0.2) is 0 Å². The quantitative estimate of drug-likeness (QED) is 0.0329. The third-order valence-corrected chi connectivity index (χ3v) is 9.21. The van der Waals surface area contributed by atoms with Crippen molar-refractivity contribution in [3.05, 3.63) is 0 Å². The van der Waals surface area contributed by atoms with E-state index < -0.39 is 51.8 Å². The summed E-state index contributed by atoms with van der Waals surface area (Å²) >= 11 is 0. The van der Waals surface area contributed by atoms with E-state index in [4.69, 9.17) is 19.1 Å². The van der Waals surface area contributed by atoms with Crippen LogP contribution in [0.2, 0.25) is 0 Å². The summed E-state index contributed by atoms with van der Waals surface area (Å²) in [5.74, 6) is -0.918. The Labute approximate surface area is 286 Å². The number of phosphoric acid groups is 1. The number of unbranched alkanes of at least 4 members (excludes halogenated alkanes) is 22. The van der Waals surface area contributed by atoms with Crippen LogP contribution in [0.1, 0.15) is 181 Å². The molecule has 0 saturated heterocycles. The molecule has 0 bridgehead atoms. The summed E-state index contributed by atoms with van der Waals surface area (Å²) in [5, 5.41) is 18.2. The molecule has 3 atom stereocenters. The second-order valence-electron chi connectivity index (χ2n) is 13.0. The van der Waals surface area contributed by atoms with Gasteiger partial charge < -0.3 is 24.6 Å². The van der Waals surface area contributed by atoms with Crippen molar-refractivity contribution in [3.8, 4) is 0 Å². The second-order valence-corrected chi connectivity index (χ2v) is 14.4. The third kappa shape index (κ3) is 33.3. The number of rotatable bonds is 36. The predicted octanol–water partition coefficient (Wildman–Crippen LogP) is 9.11. The molecule has 0 fully saturated rings. The van der Waals surface area contributed by atoms with Gasteiger partial charge in [0.05, 0.1) is 19.8 Å². The predicted molar refractivity (Wildman–Crippen MR) is 187 cm³/mol. The lowest BCUT2D eigenvalue weighted by Gasteiger charge is -2.20. The van der Waals surface area contributed by atoms with Crippen LogP contribution in [-0.4, -0.2) is 65.7 Å². The molecule has 3 N–H and O–H groups in total. The fourth-order valence-corrected chi connectivity index (χ4v) is 6.08. The summed E-state index contributed by atoms with van der Waals surface area (Å²) in [4.78, 5) is 34.7. The van der Waals surface area contributed by atoms with E-state index in [0.29, 0.717) is 12.8 Å². The van der Waals surface area contributed by atoms with E-state index >= 15 is 0 Å². The molecular formula is C36H71O10P. The second kappa shape index (κ2) is 33.5. The highest BCUT2D eigenvalue weighted by molar-refractivity contribution is 7.47. The minimum Gasteiger partial charge on any atom is -0.462 e. The number of ether oxygens (including phenoxy) is 2. The van der Waals surface area contributed by atoms with Gasteiger partial charge in [-0.2, -0.15) is 0 Å². The highest BCUT2D eigenvalue weighted by Gasteiger charge is 2.27. The van der Waals surface area contributed by atoms with Crippen LogP contribution in [0.25, 0.3) is 0 Å². The van der Waals surface area contributed by atoms with Gasteiger partial charge in [-0.1, -0.05) is 155 Å². The van der Waals surface area contributed by atoms with Crippen LogP contribution in [-0.2, 0) is 32.7 Å². The first-order chi connectivity index (χ1) is 22.7. The number of carbonyl (C=O) groups excluding carboxylic acids is 2. The molecule has 0 radical (unpaired) electrons. The Morgan fingerprint density at radius 2 is 0.915 bits per heavy atom. The lowest BCUT2D eigenvalue weighted by molar-refractivity contribution is -0.161. The summed E-state index contributed by atoms with van der Waals surface area (Å²) in [6, 6.07) is 0. The zero-order chi connectivity index (χ0) is 34.9. The number of esters is 2. The molecule has 0 rings (SSSR count). The van der Waals surface area contributed by atoms with Crippen molar-refractivity contribution < 1.29 is 47.8 Å². The molecular weight excluding hydrogens is 623 g/mol. The van der Waals surface area contributed by atoms with E-state index in [1.54, 1.807) is 0 Å². The van der Waals surface area contributed by atoms with Gasteiger partial charge in [0, 0.05) is 12.8 Å². The van der Waals surface area contributed by atoms with Crippen molar-refractivity contribution in [2.24, 2.45) is 0 Å². The monoisotopic (exact) mass is 694 g/mol. The number of aliphatic hydroxyl groups is 2. The van der Waals surface area contributed by atoms with Crippen LogP contribution in [0.3, 0.4) is 0 Å². The van der Waals surface area contributed by atoms with E-state index in [9.17, 15) is 24.2 Å². The van der Waals surface area contributed by atoms with Crippen LogP contribution in [0.5, 0.6) is 0 Å². The average Bonchev–Trinajstić information content (AvgIpc) is 3.05. The van der Waals surface area contributed by atoms with Gasteiger partial charge in [0.15, 0.2) is 6.10 Å². The fourth-order valence-electron chi connectivity index (χ4n) is 5.29. The summed E-state index contributed by atoms with van der Waals surface area (Å²) in [5.41, 5.74) is 0. The summed E-state index contributed by atoms with van der Waals surface area (Å²) < 4.78 is 32.5. The zero-order valence-corrected chi connectivity index (χ0v) is 30.9. The van der Waals surface area contributed by atoms with Gasteiger partial charge in [0.25, 0.3) is 0 Å². The molecule has 11 heteroatoms. The molecule has 0 aromatic heterocycles. The first-order valence-electron chi connectivity index (χ1n) is 19.0. The summed E-state index contributed by atoms with van der Waals surface area (Å²) in [6.45, 7) is 2.36. The van der Waals surface area contributed by atoms with E-state index in [2.05, 4.69) is 18.4 Å². The van der Waals surface area contributed by atoms with Gasteiger partial charge in [-0.25, -0.2) is 4.57 Å². The van der Waals surface area contributed by atoms with Crippen molar-refractivity contribution in [1.29, 1.82) is 0 Å². The van der Waals surface area contributed by atoms with E-state index in [-0.39, 0.29) is 19.4 Å². The Morgan fingerprint density at radius 3 is 1.32 bits per heavy atom.